The Morgan fingerprint density at radius 2 is 2.00 bits per heavy atom. The first-order chi connectivity index (χ1) is 8.94. The molecule has 0 unspecified atom stereocenters. The van der Waals surface area contributed by atoms with Gasteiger partial charge in [-0.3, -0.25) is 0 Å². The van der Waals surface area contributed by atoms with E-state index in [0.29, 0.717) is 25.0 Å². The summed E-state index contributed by atoms with van der Waals surface area (Å²) in [7, 11) is 0. The summed E-state index contributed by atoms with van der Waals surface area (Å²) in [5, 5.41) is 18.7. The number of nitrogens with zero attached hydrogens (tertiary/aromatic N) is 2. The summed E-state index contributed by atoms with van der Waals surface area (Å²) < 4.78 is 5.52. The van der Waals surface area contributed by atoms with Crippen molar-refractivity contribution in [3.63, 3.8) is 0 Å². The molecule has 6 heteroatoms. The van der Waals surface area contributed by atoms with Crippen molar-refractivity contribution in [2.24, 2.45) is 0 Å². The standard InChI is InChI=1S/C13H20N4OS/c1-9-7-19-8-10(9)5-14-12-17-16-11(18-12)6-15-13(2,3)4/h7-8,15H,5-6H2,1-4H3,(H,14,17). The molecule has 0 radical (unpaired) electrons. The van der Waals surface area contributed by atoms with Gasteiger partial charge >= 0.3 is 6.01 Å². The Morgan fingerprint density at radius 3 is 2.63 bits per heavy atom. The predicted octanol–water partition coefficient (Wildman–Crippen LogP) is 2.94. The second-order valence-electron chi connectivity index (χ2n) is 5.54. The lowest BCUT2D eigenvalue weighted by molar-refractivity contribution is 0.383. The van der Waals surface area contributed by atoms with Crippen molar-refractivity contribution in [3.05, 3.63) is 27.8 Å². The molecule has 0 saturated carbocycles. The number of rotatable bonds is 5. The van der Waals surface area contributed by atoms with Gasteiger partial charge in [-0.25, -0.2) is 0 Å². The molecule has 0 fully saturated rings. The molecule has 0 aliphatic carbocycles. The molecule has 0 aliphatic rings. The molecule has 0 amide bonds. The number of anilines is 1. The molecule has 0 atom stereocenters. The molecule has 2 rings (SSSR count). The molecule has 2 N–H and O–H groups in total. The third-order valence-corrected chi connectivity index (χ3v) is 3.54. The van der Waals surface area contributed by atoms with E-state index >= 15 is 0 Å². The van der Waals surface area contributed by atoms with Crippen LogP contribution in [0.25, 0.3) is 0 Å². The number of nitrogens with one attached hydrogen (secondary N) is 2. The Bertz CT molecular complexity index is 527. The van der Waals surface area contributed by atoms with E-state index in [1.54, 1.807) is 11.3 Å². The van der Waals surface area contributed by atoms with Crippen molar-refractivity contribution >= 4 is 17.4 Å². The van der Waals surface area contributed by atoms with E-state index in [1.807, 2.05) is 0 Å². The molecule has 2 heterocycles. The fourth-order valence-electron chi connectivity index (χ4n) is 1.48. The lowest BCUT2D eigenvalue weighted by Crippen LogP contribution is -2.35. The topological polar surface area (TPSA) is 63.0 Å². The molecular weight excluding hydrogens is 260 g/mol. The molecule has 19 heavy (non-hydrogen) atoms. The van der Waals surface area contributed by atoms with Crippen LogP contribution in [0.15, 0.2) is 15.2 Å². The largest absolute Gasteiger partial charge is 0.407 e. The van der Waals surface area contributed by atoms with E-state index in [4.69, 9.17) is 4.42 Å². The van der Waals surface area contributed by atoms with E-state index in [9.17, 15) is 0 Å². The minimum Gasteiger partial charge on any atom is -0.407 e. The van der Waals surface area contributed by atoms with Crippen LogP contribution in [0, 0.1) is 6.92 Å². The SMILES string of the molecule is Cc1cscc1CNc1nnc(CNC(C)(C)C)o1. The predicted molar refractivity (Wildman–Crippen MR) is 77.3 cm³/mol. The highest BCUT2D eigenvalue weighted by Crippen LogP contribution is 2.15. The van der Waals surface area contributed by atoms with Crippen LogP contribution in [0.4, 0.5) is 6.01 Å². The monoisotopic (exact) mass is 280 g/mol. The Labute approximate surface area is 117 Å². The minimum atomic E-state index is 0.0376. The quantitative estimate of drug-likeness (QED) is 0.881. The van der Waals surface area contributed by atoms with Gasteiger partial charge in [0.15, 0.2) is 0 Å². The van der Waals surface area contributed by atoms with Crippen molar-refractivity contribution in [3.8, 4) is 0 Å². The first-order valence-electron chi connectivity index (χ1n) is 6.27. The molecule has 104 valence electrons. The Balaban J connectivity index is 1.86. The van der Waals surface area contributed by atoms with Crippen molar-refractivity contribution in [2.75, 3.05) is 5.32 Å². The van der Waals surface area contributed by atoms with Gasteiger partial charge in [0.1, 0.15) is 0 Å². The summed E-state index contributed by atoms with van der Waals surface area (Å²) in [4.78, 5) is 0. The Morgan fingerprint density at radius 1 is 1.21 bits per heavy atom. The second-order valence-corrected chi connectivity index (χ2v) is 6.28. The number of aryl methyl sites for hydroxylation is 1. The average molecular weight is 280 g/mol. The molecule has 0 saturated heterocycles. The van der Waals surface area contributed by atoms with E-state index < -0.39 is 0 Å². The second kappa shape index (κ2) is 5.71. The summed E-state index contributed by atoms with van der Waals surface area (Å²) in [5.74, 6) is 0.597. The average Bonchev–Trinajstić information content (AvgIpc) is 2.92. The highest BCUT2D eigenvalue weighted by atomic mass is 32.1. The minimum absolute atomic E-state index is 0.0376. The fourth-order valence-corrected chi connectivity index (χ4v) is 2.33. The summed E-state index contributed by atoms with van der Waals surface area (Å²) >= 11 is 1.70. The van der Waals surface area contributed by atoms with E-state index in [1.165, 1.54) is 11.1 Å². The normalized spacial score (nSPS) is 11.8. The lowest BCUT2D eigenvalue weighted by atomic mass is 10.1. The van der Waals surface area contributed by atoms with Crippen molar-refractivity contribution in [1.82, 2.24) is 15.5 Å². The van der Waals surface area contributed by atoms with E-state index in [-0.39, 0.29) is 5.54 Å². The van der Waals surface area contributed by atoms with Crippen LogP contribution in [0.2, 0.25) is 0 Å². The first-order valence-corrected chi connectivity index (χ1v) is 7.21. The smallest absolute Gasteiger partial charge is 0.315 e. The fraction of sp³-hybridized carbons (Fsp3) is 0.538. The van der Waals surface area contributed by atoms with Crippen LogP contribution >= 0.6 is 11.3 Å². The highest BCUT2D eigenvalue weighted by molar-refractivity contribution is 7.08. The third-order valence-electron chi connectivity index (χ3n) is 2.63. The maximum Gasteiger partial charge on any atom is 0.315 e. The van der Waals surface area contributed by atoms with Gasteiger partial charge in [0.05, 0.1) is 6.54 Å². The van der Waals surface area contributed by atoms with Gasteiger partial charge in [-0.2, -0.15) is 11.3 Å². The van der Waals surface area contributed by atoms with Gasteiger partial charge in [-0.05, 0) is 49.6 Å². The first kappa shape index (κ1) is 14.0. The van der Waals surface area contributed by atoms with Gasteiger partial charge in [-0.15, -0.1) is 5.10 Å². The van der Waals surface area contributed by atoms with Gasteiger partial charge < -0.3 is 15.1 Å². The number of aromatic nitrogens is 2. The van der Waals surface area contributed by atoms with Crippen LogP contribution < -0.4 is 10.6 Å². The third kappa shape index (κ3) is 4.33. The molecule has 0 aromatic carbocycles. The summed E-state index contributed by atoms with van der Waals surface area (Å²) in [6.45, 7) is 9.69. The van der Waals surface area contributed by atoms with Gasteiger partial charge in [0.25, 0.3) is 0 Å². The van der Waals surface area contributed by atoms with Crippen LogP contribution in [-0.2, 0) is 13.1 Å². The zero-order chi connectivity index (χ0) is 13.9. The summed E-state index contributed by atoms with van der Waals surface area (Å²) in [6.07, 6.45) is 0. The zero-order valence-corrected chi connectivity index (χ0v) is 12.6. The highest BCUT2D eigenvalue weighted by Gasteiger charge is 2.12. The van der Waals surface area contributed by atoms with Crippen LogP contribution in [0.5, 0.6) is 0 Å². The van der Waals surface area contributed by atoms with Crippen LogP contribution in [-0.4, -0.2) is 15.7 Å². The molecule has 0 aliphatic heterocycles. The summed E-state index contributed by atoms with van der Waals surface area (Å²) in [6, 6.07) is 0.469. The van der Waals surface area contributed by atoms with E-state index in [2.05, 4.69) is 59.3 Å². The number of hydrogen-bond donors (Lipinski definition) is 2. The molecule has 0 bridgehead atoms. The number of hydrogen-bond acceptors (Lipinski definition) is 6. The Hall–Kier alpha value is -1.40. The maximum atomic E-state index is 5.52. The lowest BCUT2D eigenvalue weighted by Gasteiger charge is -2.18. The van der Waals surface area contributed by atoms with E-state index in [0.717, 1.165) is 0 Å². The number of thiophene rings is 1. The van der Waals surface area contributed by atoms with Gasteiger partial charge in [-0.1, -0.05) is 5.10 Å². The van der Waals surface area contributed by atoms with Gasteiger partial charge in [0.2, 0.25) is 5.89 Å². The van der Waals surface area contributed by atoms with Crippen molar-refractivity contribution in [1.29, 1.82) is 0 Å². The van der Waals surface area contributed by atoms with Crippen LogP contribution in [0.1, 0.15) is 37.8 Å². The molecular formula is C13H20N4OS. The summed E-state index contributed by atoms with van der Waals surface area (Å²) in [5.41, 5.74) is 2.58. The van der Waals surface area contributed by atoms with Gasteiger partial charge in [0, 0.05) is 12.1 Å². The van der Waals surface area contributed by atoms with Crippen molar-refractivity contribution < 1.29 is 4.42 Å². The zero-order valence-electron chi connectivity index (χ0n) is 11.8. The van der Waals surface area contributed by atoms with Crippen LogP contribution in [0.3, 0.4) is 0 Å². The van der Waals surface area contributed by atoms with Crippen molar-refractivity contribution in [2.45, 2.75) is 46.3 Å². The maximum absolute atomic E-state index is 5.52. The molecule has 5 nitrogen and oxygen atoms in total. The Kier molecular flexibility index (Phi) is 4.21. The molecule has 0 spiro atoms. The molecule has 2 aromatic rings. The molecule has 2 aromatic heterocycles.